The van der Waals surface area contributed by atoms with E-state index in [0.717, 1.165) is 48.8 Å². The second kappa shape index (κ2) is 9.17. The SMILES string of the molecule is Cc1nc(N2CCC(c3nnc4n3-c3ccc(Cl)cc3CN(C3CC(O)(C(F)(F)F)C3)C4)CC2)ccc1F. The summed E-state index contributed by atoms with van der Waals surface area (Å²) in [5.41, 5.74) is -0.530. The molecule has 0 unspecified atom stereocenters. The first-order valence-electron chi connectivity index (χ1n) is 12.7. The van der Waals surface area contributed by atoms with Gasteiger partial charge in [0.1, 0.15) is 17.5 Å². The monoisotopic (exact) mass is 550 g/mol. The molecule has 4 heterocycles. The van der Waals surface area contributed by atoms with Gasteiger partial charge in [0, 0.05) is 49.5 Å². The number of aryl methyl sites for hydroxylation is 1. The second-order valence-electron chi connectivity index (χ2n) is 10.6. The van der Waals surface area contributed by atoms with Crippen molar-refractivity contribution < 1.29 is 22.7 Å². The predicted octanol–water partition coefficient (Wildman–Crippen LogP) is 4.92. The van der Waals surface area contributed by atoms with Gasteiger partial charge in [0.05, 0.1) is 17.9 Å². The summed E-state index contributed by atoms with van der Waals surface area (Å²) in [5, 5.41) is 19.6. The molecule has 2 aromatic heterocycles. The Bertz CT molecular complexity index is 1360. The van der Waals surface area contributed by atoms with E-state index in [9.17, 15) is 22.7 Å². The minimum Gasteiger partial charge on any atom is -0.380 e. The maximum absolute atomic E-state index is 13.7. The number of fused-ring (bicyclic) bond motifs is 3. The van der Waals surface area contributed by atoms with Crippen LogP contribution >= 0.6 is 11.6 Å². The van der Waals surface area contributed by atoms with E-state index in [1.54, 1.807) is 19.1 Å². The van der Waals surface area contributed by atoms with Crippen molar-refractivity contribution in [2.45, 2.75) is 69.4 Å². The molecule has 3 aromatic rings. The lowest BCUT2D eigenvalue weighted by Crippen LogP contribution is -2.61. The van der Waals surface area contributed by atoms with Crippen molar-refractivity contribution in [2.24, 2.45) is 0 Å². The zero-order valence-electron chi connectivity index (χ0n) is 20.7. The van der Waals surface area contributed by atoms with Crippen LogP contribution in [0.25, 0.3) is 5.69 Å². The molecule has 0 radical (unpaired) electrons. The first-order chi connectivity index (χ1) is 18.0. The molecule has 2 aliphatic heterocycles. The van der Waals surface area contributed by atoms with Crippen LogP contribution < -0.4 is 4.90 Å². The zero-order chi connectivity index (χ0) is 26.8. The van der Waals surface area contributed by atoms with Crippen LogP contribution in [0.15, 0.2) is 30.3 Å². The lowest BCUT2D eigenvalue weighted by Gasteiger charge is -2.48. The summed E-state index contributed by atoms with van der Waals surface area (Å²) < 4.78 is 55.6. The summed E-state index contributed by atoms with van der Waals surface area (Å²) in [6, 6.07) is 8.23. The highest BCUT2D eigenvalue weighted by atomic mass is 35.5. The number of hydrogen-bond acceptors (Lipinski definition) is 6. The number of aromatic nitrogens is 4. The third-order valence-electron chi connectivity index (χ3n) is 8.14. The highest BCUT2D eigenvalue weighted by Crippen LogP contribution is 2.48. The van der Waals surface area contributed by atoms with Crippen LogP contribution in [0.5, 0.6) is 0 Å². The van der Waals surface area contributed by atoms with E-state index < -0.39 is 17.8 Å². The Labute approximate surface area is 222 Å². The fraction of sp³-hybridized carbons (Fsp3) is 0.500. The van der Waals surface area contributed by atoms with Crippen molar-refractivity contribution in [2.75, 3.05) is 18.0 Å². The predicted molar refractivity (Wildman–Crippen MR) is 133 cm³/mol. The van der Waals surface area contributed by atoms with Gasteiger partial charge in [-0.25, -0.2) is 9.37 Å². The molecule has 2 fully saturated rings. The molecule has 202 valence electrons. The summed E-state index contributed by atoms with van der Waals surface area (Å²) in [5.74, 6) is 2.00. The van der Waals surface area contributed by atoms with Gasteiger partial charge in [-0.3, -0.25) is 9.47 Å². The Kier molecular flexibility index (Phi) is 6.16. The Morgan fingerprint density at radius 3 is 2.47 bits per heavy atom. The minimum atomic E-state index is -4.65. The number of hydrogen-bond donors (Lipinski definition) is 1. The molecule has 0 spiro atoms. The Balaban J connectivity index is 1.26. The number of anilines is 1. The molecule has 3 aliphatic rings. The smallest absolute Gasteiger partial charge is 0.380 e. The fourth-order valence-electron chi connectivity index (χ4n) is 5.86. The Hall–Kier alpha value is -2.76. The molecule has 0 bridgehead atoms. The van der Waals surface area contributed by atoms with Gasteiger partial charge in [0.2, 0.25) is 0 Å². The molecule has 1 N–H and O–H groups in total. The van der Waals surface area contributed by atoms with E-state index in [0.29, 0.717) is 29.6 Å². The maximum atomic E-state index is 13.7. The molecule has 1 aliphatic carbocycles. The molecular weight excluding hydrogens is 524 g/mol. The summed E-state index contributed by atoms with van der Waals surface area (Å²) in [6.07, 6.45) is -3.81. The van der Waals surface area contributed by atoms with Crippen LogP contribution in [0.2, 0.25) is 5.02 Å². The number of benzene rings is 1. The van der Waals surface area contributed by atoms with E-state index in [1.165, 1.54) is 6.07 Å². The number of nitrogens with zero attached hydrogens (tertiary/aromatic N) is 6. The molecule has 1 saturated heterocycles. The first kappa shape index (κ1) is 25.5. The van der Waals surface area contributed by atoms with Gasteiger partial charge in [0.15, 0.2) is 11.4 Å². The first-order valence-corrected chi connectivity index (χ1v) is 13.0. The van der Waals surface area contributed by atoms with Gasteiger partial charge in [-0.15, -0.1) is 10.2 Å². The third kappa shape index (κ3) is 4.34. The van der Waals surface area contributed by atoms with E-state index >= 15 is 0 Å². The summed E-state index contributed by atoms with van der Waals surface area (Å²) in [4.78, 5) is 8.44. The number of piperidine rings is 1. The maximum Gasteiger partial charge on any atom is 0.417 e. The van der Waals surface area contributed by atoms with Crippen molar-refractivity contribution in [3.63, 3.8) is 0 Å². The molecule has 7 nitrogen and oxygen atoms in total. The quantitative estimate of drug-likeness (QED) is 0.467. The van der Waals surface area contributed by atoms with E-state index in [1.807, 2.05) is 21.6 Å². The van der Waals surface area contributed by atoms with Crippen LogP contribution in [-0.4, -0.2) is 60.7 Å². The Morgan fingerprint density at radius 2 is 1.79 bits per heavy atom. The standard InChI is InChI=1S/C26H27ClF4N6O/c1-15-20(28)3-5-22(32-15)35-8-6-16(7-9-35)24-34-33-23-14-36(19-11-25(38,12-19)26(29,30)31)13-17-10-18(27)2-4-21(17)37(23)24/h2-5,10,16,19,38H,6-9,11-14H2,1H3. The van der Waals surface area contributed by atoms with Crippen molar-refractivity contribution in [3.8, 4) is 5.69 Å². The second-order valence-corrected chi connectivity index (χ2v) is 11.0. The number of pyridine rings is 1. The van der Waals surface area contributed by atoms with Crippen molar-refractivity contribution in [1.82, 2.24) is 24.6 Å². The average molecular weight is 551 g/mol. The molecule has 38 heavy (non-hydrogen) atoms. The lowest BCUT2D eigenvalue weighted by atomic mass is 9.74. The number of alkyl halides is 3. The van der Waals surface area contributed by atoms with E-state index in [4.69, 9.17) is 11.6 Å². The molecule has 6 rings (SSSR count). The molecule has 1 saturated carbocycles. The van der Waals surface area contributed by atoms with E-state index in [2.05, 4.69) is 20.1 Å². The van der Waals surface area contributed by atoms with Gasteiger partial charge in [-0.05, 0) is 55.7 Å². The summed E-state index contributed by atoms with van der Waals surface area (Å²) in [7, 11) is 0. The molecular formula is C26H27ClF4N6O. The van der Waals surface area contributed by atoms with Crippen LogP contribution in [-0.2, 0) is 13.1 Å². The molecule has 0 amide bonds. The van der Waals surface area contributed by atoms with Crippen molar-refractivity contribution in [3.05, 3.63) is 64.1 Å². The van der Waals surface area contributed by atoms with E-state index in [-0.39, 0.29) is 24.6 Å². The summed E-state index contributed by atoms with van der Waals surface area (Å²) in [6.45, 7) is 3.81. The number of rotatable bonds is 3. The van der Waals surface area contributed by atoms with Gasteiger partial charge in [-0.1, -0.05) is 11.6 Å². The number of halogens is 5. The fourth-order valence-corrected chi connectivity index (χ4v) is 6.05. The molecule has 1 aromatic carbocycles. The van der Waals surface area contributed by atoms with Crippen LogP contribution in [0, 0.1) is 12.7 Å². The summed E-state index contributed by atoms with van der Waals surface area (Å²) >= 11 is 6.31. The minimum absolute atomic E-state index is 0.114. The number of aliphatic hydroxyl groups is 1. The normalized spacial score (nSPS) is 24.5. The van der Waals surface area contributed by atoms with Crippen LogP contribution in [0.3, 0.4) is 0 Å². The molecule has 12 heteroatoms. The van der Waals surface area contributed by atoms with Crippen LogP contribution in [0.4, 0.5) is 23.4 Å². The largest absolute Gasteiger partial charge is 0.417 e. The zero-order valence-corrected chi connectivity index (χ0v) is 21.5. The van der Waals surface area contributed by atoms with Gasteiger partial charge < -0.3 is 10.0 Å². The lowest BCUT2D eigenvalue weighted by molar-refractivity contribution is -0.300. The highest BCUT2D eigenvalue weighted by Gasteiger charge is 2.62. The average Bonchev–Trinajstić information content (AvgIpc) is 3.19. The van der Waals surface area contributed by atoms with Crippen molar-refractivity contribution in [1.29, 1.82) is 0 Å². The van der Waals surface area contributed by atoms with Gasteiger partial charge in [0.25, 0.3) is 0 Å². The Morgan fingerprint density at radius 1 is 1.05 bits per heavy atom. The van der Waals surface area contributed by atoms with Gasteiger partial charge >= 0.3 is 6.18 Å². The van der Waals surface area contributed by atoms with Crippen molar-refractivity contribution >= 4 is 17.4 Å². The van der Waals surface area contributed by atoms with Gasteiger partial charge in [-0.2, -0.15) is 13.2 Å². The molecule has 0 atom stereocenters. The topological polar surface area (TPSA) is 70.3 Å². The highest BCUT2D eigenvalue weighted by molar-refractivity contribution is 6.30. The van der Waals surface area contributed by atoms with Crippen LogP contribution in [0.1, 0.15) is 54.5 Å². The third-order valence-corrected chi connectivity index (χ3v) is 8.37.